The lowest BCUT2D eigenvalue weighted by Gasteiger charge is -2.12. The number of amides is 2. The molecule has 0 saturated carbocycles. The zero-order valence-electron chi connectivity index (χ0n) is 14.2. The van der Waals surface area contributed by atoms with Crippen LogP contribution in [0.3, 0.4) is 0 Å². The Hall–Kier alpha value is -2.47. The van der Waals surface area contributed by atoms with Gasteiger partial charge in [0.15, 0.2) is 11.7 Å². The molecule has 2 rings (SSSR count). The molecule has 2 aromatic carbocycles. The van der Waals surface area contributed by atoms with Crippen LogP contribution in [0, 0.1) is 10.1 Å². The lowest BCUT2D eigenvalue weighted by Crippen LogP contribution is -2.49. The van der Waals surface area contributed by atoms with E-state index >= 15 is 0 Å². The molecule has 0 heterocycles. The SMILES string of the molecule is O=C(COc1ccc(Br)cc1Cl)NNC(=S)NC(=O)c1ccc(Cl)c([N+](=O)[O-])c1. The topological polar surface area (TPSA) is 123 Å². The van der Waals surface area contributed by atoms with Crippen LogP contribution >= 0.6 is 51.3 Å². The van der Waals surface area contributed by atoms with Crippen molar-refractivity contribution in [2.45, 2.75) is 0 Å². The number of thiocarbonyl (C=S) groups is 1. The lowest BCUT2D eigenvalue weighted by atomic mass is 10.2. The monoisotopic (exact) mass is 520 g/mol. The summed E-state index contributed by atoms with van der Waals surface area (Å²) in [5.41, 5.74) is 4.08. The maximum atomic E-state index is 12.1. The number of hydrogen-bond acceptors (Lipinski definition) is 6. The highest BCUT2D eigenvalue weighted by Crippen LogP contribution is 2.27. The van der Waals surface area contributed by atoms with E-state index in [4.69, 9.17) is 40.2 Å². The number of carbonyl (C=O) groups is 2. The maximum Gasteiger partial charge on any atom is 0.288 e. The molecule has 3 N–H and O–H groups in total. The first-order valence-electron chi connectivity index (χ1n) is 7.59. The number of nitro benzene ring substituents is 1. The smallest absolute Gasteiger partial charge is 0.288 e. The highest BCUT2D eigenvalue weighted by molar-refractivity contribution is 9.10. The van der Waals surface area contributed by atoms with Crippen molar-refractivity contribution in [3.05, 3.63) is 66.6 Å². The second kappa shape index (κ2) is 10.3. The second-order valence-electron chi connectivity index (χ2n) is 5.24. The van der Waals surface area contributed by atoms with Gasteiger partial charge in [0.1, 0.15) is 10.8 Å². The van der Waals surface area contributed by atoms with Gasteiger partial charge in [-0.2, -0.15) is 0 Å². The van der Waals surface area contributed by atoms with Gasteiger partial charge in [-0.1, -0.05) is 39.1 Å². The summed E-state index contributed by atoms with van der Waals surface area (Å²) in [5, 5.41) is 13.1. The highest BCUT2D eigenvalue weighted by Gasteiger charge is 2.17. The normalized spacial score (nSPS) is 10.0. The van der Waals surface area contributed by atoms with E-state index in [1.165, 1.54) is 12.1 Å². The van der Waals surface area contributed by atoms with Gasteiger partial charge in [-0.3, -0.25) is 35.9 Å². The van der Waals surface area contributed by atoms with Crippen LogP contribution in [0.2, 0.25) is 10.0 Å². The summed E-state index contributed by atoms with van der Waals surface area (Å²) in [7, 11) is 0. The molecule has 0 saturated heterocycles. The predicted octanol–water partition coefficient (Wildman–Crippen LogP) is 3.38. The first-order valence-corrected chi connectivity index (χ1v) is 9.55. The molecule has 0 aromatic heterocycles. The molecule has 0 fully saturated rings. The van der Waals surface area contributed by atoms with Gasteiger partial charge in [0.2, 0.25) is 0 Å². The number of benzene rings is 2. The number of carbonyl (C=O) groups excluding carboxylic acids is 2. The maximum absolute atomic E-state index is 12.1. The van der Waals surface area contributed by atoms with Crippen LogP contribution in [-0.2, 0) is 4.79 Å². The molecule has 29 heavy (non-hydrogen) atoms. The number of ether oxygens (including phenoxy) is 1. The van der Waals surface area contributed by atoms with Crippen LogP contribution in [0.15, 0.2) is 40.9 Å². The first-order chi connectivity index (χ1) is 13.7. The van der Waals surface area contributed by atoms with Crippen molar-refractivity contribution in [1.82, 2.24) is 16.2 Å². The van der Waals surface area contributed by atoms with Gasteiger partial charge >= 0.3 is 0 Å². The minimum absolute atomic E-state index is 0.0372. The highest BCUT2D eigenvalue weighted by atomic mass is 79.9. The lowest BCUT2D eigenvalue weighted by molar-refractivity contribution is -0.384. The molecule has 9 nitrogen and oxygen atoms in total. The van der Waals surface area contributed by atoms with Gasteiger partial charge in [0.05, 0.1) is 9.95 Å². The van der Waals surface area contributed by atoms with Crippen molar-refractivity contribution < 1.29 is 19.2 Å². The summed E-state index contributed by atoms with van der Waals surface area (Å²) in [6.45, 7) is -0.367. The Morgan fingerprint density at radius 2 is 1.86 bits per heavy atom. The summed E-state index contributed by atoms with van der Waals surface area (Å²) >= 11 is 19.8. The van der Waals surface area contributed by atoms with Crippen LogP contribution in [0.4, 0.5) is 5.69 Å². The minimum atomic E-state index is -0.727. The zero-order chi connectivity index (χ0) is 21.6. The first kappa shape index (κ1) is 22.8. The summed E-state index contributed by atoms with van der Waals surface area (Å²) in [6, 6.07) is 8.42. The van der Waals surface area contributed by atoms with E-state index in [1.807, 2.05) is 0 Å². The molecule has 2 aromatic rings. The van der Waals surface area contributed by atoms with E-state index in [0.717, 1.165) is 10.5 Å². The third kappa shape index (κ3) is 6.82. The molecule has 152 valence electrons. The van der Waals surface area contributed by atoms with E-state index in [1.54, 1.807) is 18.2 Å². The van der Waals surface area contributed by atoms with Crippen molar-refractivity contribution in [3.8, 4) is 5.75 Å². The van der Waals surface area contributed by atoms with Crippen LogP contribution in [0.25, 0.3) is 0 Å². The molecule has 0 unspecified atom stereocenters. The Labute approximate surface area is 187 Å². The largest absolute Gasteiger partial charge is 0.482 e. The number of nitrogens with zero attached hydrogens (tertiary/aromatic N) is 1. The quantitative estimate of drug-likeness (QED) is 0.313. The van der Waals surface area contributed by atoms with Gasteiger partial charge in [0, 0.05) is 16.1 Å². The van der Waals surface area contributed by atoms with Crippen LogP contribution in [-0.4, -0.2) is 28.5 Å². The van der Waals surface area contributed by atoms with Crippen molar-refractivity contribution in [2.75, 3.05) is 6.61 Å². The van der Waals surface area contributed by atoms with E-state index < -0.39 is 22.4 Å². The van der Waals surface area contributed by atoms with E-state index in [-0.39, 0.29) is 22.3 Å². The molecule has 0 aliphatic rings. The van der Waals surface area contributed by atoms with Crippen LogP contribution in [0.5, 0.6) is 5.75 Å². The standard InChI is InChI=1S/C16H11BrCl2N4O5S/c17-9-2-4-13(11(19)6-9)28-7-14(24)21-22-16(29)20-15(25)8-1-3-10(18)12(5-8)23(26)27/h1-6H,7H2,(H,21,24)(H2,20,22,25,29). The Morgan fingerprint density at radius 3 is 2.52 bits per heavy atom. The number of nitrogens with one attached hydrogen (secondary N) is 3. The molecule has 0 spiro atoms. The summed E-state index contributed by atoms with van der Waals surface area (Å²) in [4.78, 5) is 34.1. The Bertz CT molecular complexity index is 992. The van der Waals surface area contributed by atoms with Crippen molar-refractivity contribution >= 4 is 74.0 Å². The zero-order valence-corrected chi connectivity index (χ0v) is 18.1. The second-order valence-corrected chi connectivity index (χ2v) is 7.38. The molecule has 13 heteroatoms. The van der Waals surface area contributed by atoms with E-state index in [9.17, 15) is 19.7 Å². The average molecular weight is 522 g/mol. The van der Waals surface area contributed by atoms with Gasteiger partial charge in [-0.15, -0.1) is 0 Å². The van der Waals surface area contributed by atoms with Crippen LogP contribution < -0.4 is 20.9 Å². The summed E-state index contributed by atoms with van der Waals surface area (Å²) in [5.74, 6) is -1.01. The third-order valence-electron chi connectivity index (χ3n) is 3.20. The van der Waals surface area contributed by atoms with Gasteiger partial charge in [-0.05, 0) is 42.5 Å². The average Bonchev–Trinajstić information content (AvgIpc) is 2.65. The van der Waals surface area contributed by atoms with Gasteiger partial charge < -0.3 is 4.74 Å². The third-order valence-corrected chi connectivity index (χ3v) is 4.51. The molecule has 0 radical (unpaired) electrons. The number of halogens is 3. The number of hydrogen-bond donors (Lipinski definition) is 3. The molecule has 2 amide bonds. The van der Waals surface area contributed by atoms with Gasteiger partial charge in [0.25, 0.3) is 17.5 Å². The fourth-order valence-electron chi connectivity index (χ4n) is 1.90. The number of nitro groups is 1. The molecule has 0 aliphatic carbocycles. The molecule has 0 bridgehead atoms. The van der Waals surface area contributed by atoms with E-state index in [0.29, 0.717) is 10.8 Å². The molecule has 0 atom stereocenters. The molecule has 0 aliphatic heterocycles. The predicted molar refractivity (Wildman–Crippen MR) is 114 cm³/mol. The van der Waals surface area contributed by atoms with Crippen molar-refractivity contribution in [2.24, 2.45) is 0 Å². The van der Waals surface area contributed by atoms with Crippen molar-refractivity contribution in [3.63, 3.8) is 0 Å². The molecular formula is C16H11BrCl2N4O5S. The van der Waals surface area contributed by atoms with Crippen LogP contribution in [0.1, 0.15) is 10.4 Å². The van der Waals surface area contributed by atoms with Gasteiger partial charge in [-0.25, -0.2) is 0 Å². The van der Waals surface area contributed by atoms with E-state index in [2.05, 4.69) is 32.1 Å². The fraction of sp³-hybridized carbons (Fsp3) is 0.0625. The Morgan fingerprint density at radius 1 is 1.14 bits per heavy atom. The Kier molecular flexibility index (Phi) is 8.14. The molecular weight excluding hydrogens is 511 g/mol. The minimum Gasteiger partial charge on any atom is -0.482 e. The number of rotatable bonds is 5. The Balaban J connectivity index is 1.83. The fourth-order valence-corrected chi connectivity index (χ4v) is 2.96. The summed E-state index contributed by atoms with van der Waals surface area (Å²) in [6.07, 6.45) is 0. The summed E-state index contributed by atoms with van der Waals surface area (Å²) < 4.78 is 6.03. The van der Waals surface area contributed by atoms with Crippen molar-refractivity contribution in [1.29, 1.82) is 0 Å². The number of hydrazine groups is 1.